The lowest BCUT2D eigenvalue weighted by Gasteiger charge is -2.27. The molecule has 2 saturated heterocycles. The Morgan fingerprint density at radius 2 is 1.85 bits per heavy atom. The van der Waals surface area contributed by atoms with Crippen LogP contribution in [0, 0.1) is 0 Å². The molecule has 0 spiro atoms. The van der Waals surface area contributed by atoms with Gasteiger partial charge in [-0.25, -0.2) is 9.78 Å². The van der Waals surface area contributed by atoms with Gasteiger partial charge in [0.1, 0.15) is 5.75 Å². The normalized spacial score (nSPS) is 19.8. The van der Waals surface area contributed by atoms with Crippen molar-refractivity contribution < 1.29 is 9.90 Å². The van der Waals surface area contributed by atoms with Gasteiger partial charge >= 0.3 is 6.03 Å². The molecule has 0 aliphatic carbocycles. The highest BCUT2D eigenvalue weighted by atomic mass is 16.3. The Morgan fingerprint density at radius 1 is 1.08 bits per heavy atom. The summed E-state index contributed by atoms with van der Waals surface area (Å²) in [5.41, 5.74) is 1.83. The molecule has 0 bridgehead atoms. The second kappa shape index (κ2) is 7.23. The number of phenolic OH excluding ortho intramolecular Hbond substituents is 1. The lowest BCUT2D eigenvalue weighted by atomic mass is 10.0. The van der Waals surface area contributed by atoms with Crippen LogP contribution in [0.1, 0.15) is 37.3 Å². The summed E-state index contributed by atoms with van der Waals surface area (Å²) < 4.78 is 0. The zero-order chi connectivity index (χ0) is 17.9. The molecule has 2 N–H and O–H groups in total. The molecule has 1 aromatic heterocycles. The third kappa shape index (κ3) is 3.31. The van der Waals surface area contributed by atoms with Gasteiger partial charge in [-0.15, -0.1) is 0 Å². The number of hydrogen-bond donors (Lipinski definition) is 2. The van der Waals surface area contributed by atoms with Crippen LogP contribution < -0.4 is 10.2 Å². The van der Waals surface area contributed by atoms with E-state index in [1.165, 1.54) is 12.8 Å². The van der Waals surface area contributed by atoms with Gasteiger partial charge in [-0.1, -0.05) is 12.1 Å². The maximum absolute atomic E-state index is 13.0. The summed E-state index contributed by atoms with van der Waals surface area (Å²) in [6.45, 7) is 2.70. The lowest BCUT2D eigenvalue weighted by molar-refractivity contribution is 0.207. The number of urea groups is 1. The molecule has 2 amide bonds. The highest BCUT2D eigenvalue weighted by molar-refractivity contribution is 5.93. The van der Waals surface area contributed by atoms with Crippen LogP contribution in [0.2, 0.25) is 0 Å². The summed E-state index contributed by atoms with van der Waals surface area (Å²) in [4.78, 5) is 21.6. The number of amides is 2. The van der Waals surface area contributed by atoms with E-state index < -0.39 is 0 Å². The van der Waals surface area contributed by atoms with E-state index in [1.807, 2.05) is 29.2 Å². The molecule has 6 heteroatoms. The van der Waals surface area contributed by atoms with E-state index in [9.17, 15) is 9.90 Å². The Balaban J connectivity index is 1.52. The van der Waals surface area contributed by atoms with Gasteiger partial charge in [-0.3, -0.25) is 0 Å². The molecule has 0 unspecified atom stereocenters. The number of anilines is 2. The first-order valence-electron chi connectivity index (χ1n) is 9.29. The highest BCUT2D eigenvalue weighted by Gasteiger charge is 2.30. The number of rotatable bonds is 3. The summed E-state index contributed by atoms with van der Waals surface area (Å²) in [5, 5.41) is 12.6. The van der Waals surface area contributed by atoms with Crippen molar-refractivity contribution in [2.24, 2.45) is 0 Å². The minimum absolute atomic E-state index is 0.0440. The molecule has 2 fully saturated rings. The minimum Gasteiger partial charge on any atom is -0.508 e. The van der Waals surface area contributed by atoms with Crippen LogP contribution in [-0.4, -0.2) is 40.7 Å². The van der Waals surface area contributed by atoms with Gasteiger partial charge in [0.2, 0.25) is 0 Å². The molecule has 2 aromatic rings. The maximum Gasteiger partial charge on any atom is 0.322 e. The smallest absolute Gasteiger partial charge is 0.322 e. The fourth-order valence-electron chi connectivity index (χ4n) is 3.92. The predicted molar refractivity (Wildman–Crippen MR) is 101 cm³/mol. The number of carbonyl (C=O) groups is 1. The second-order valence-electron chi connectivity index (χ2n) is 6.94. The SMILES string of the molecule is O=C(Nc1cccnc1N1CCCC1)N1CCC[C@H]1c1ccc(O)cc1. The molecule has 2 aliphatic rings. The third-order valence-electron chi connectivity index (χ3n) is 5.23. The van der Waals surface area contributed by atoms with E-state index in [0.717, 1.165) is 49.5 Å². The van der Waals surface area contributed by atoms with E-state index in [2.05, 4.69) is 15.2 Å². The Labute approximate surface area is 153 Å². The number of pyridine rings is 1. The minimum atomic E-state index is -0.0889. The van der Waals surface area contributed by atoms with Crippen molar-refractivity contribution in [2.45, 2.75) is 31.7 Å². The fraction of sp³-hybridized carbons (Fsp3) is 0.400. The molecule has 26 heavy (non-hydrogen) atoms. The Morgan fingerprint density at radius 3 is 2.62 bits per heavy atom. The van der Waals surface area contributed by atoms with Crippen LogP contribution in [0.4, 0.5) is 16.3 Å². The maximum atomic E-state index is 13.0. The van der Waals surface area contributed by atoms with Crippen molar-refractivity contribution in [3.63, 3.8) is 0 Å². The number of aromatic hydroxyl groups is 1. The number of benzene rings is 1. The van der Waals surface area contributed by atoms with E-state index >= 15 is 0 Å². The number of nitrogens with zero attached hydrogens (tertiary/aromatic N) is 3. The molecular formula is C20H24N4O2. The topological polar surface area (TPSA) is 68.7 Å². The van der Waals surface area contributed by atoms with Crippen LogP contribution >= 0.6 is 0 Å². The summed E-state index contributed by atoms with van der Waals surface area (Å²) in [6, 6.07) is 10.9. The Kier molecular flexibility index (Phi) is 4.65. The van der Waals surface area contributed by atoms with Gasteiger partial charge in [-0.05, 0) is 55.5 Å². The first kappa shape index (κ1) is 16.7. The monoisotopic (exact) mass is 352 g/mol. The molecule has 6 nitrogen and oxygen atoms in total. The quantitative estimate of drug-likeness (QED) is 0.883. The van der Waals surface area contributed by atoms with Crippen molar-refractivity contribution in [3.05, 3.63) is 48.2 Å². The van der Waals surface area contributed by atoms with Gasteiger partial charge in [-0.2, -0.15) is 0 Å². The molecular weight excluding hydrogens is 328 g/mol. The molecule has 3 heterocycles. The molecule has 136 valence electrons. The van der Waals surface area contributed by atoms with E-state index in [0.29, 0.717) is 0 Å². The van der Waals surface area contributed by atoms with E-state index in [1.54, 1.807) is 18.3 Å². The molecule has 1 atom stereocenters. The van der Waals surface area contributed by atoms with Crippen molar-refractivity contribution in [3.8, 4) is 5.75 Å². The number of likely N-dealkylation sites (tertiary alicyclic amines) is 1. The molecule has 0 radical (unpaired) electrons. The van der Waals surface area contributed by atoms with Crippen LogP contribution in [0.15, 0.2) is 42.6 Å². The van der Waals surface area contributed by atoms with Crippen LogP contribution in [0.3, 0.4) is 0 Å². The molecule has 4 rings (SSSR count). The zero-order valence-electron chi connectivity index (χ0n) is 14.8. The van der Waals surface area contributed by atoms with Crippen molar-refractivity contribution >= 4 is 17.5 Å². The number of phenols is 1. The largest absolute Gasteiger partial charge is 0.508 e. The summed E-state index contributed by atoms with van der Waals surface area (Å²) in [6.07, 6.45) is 6.02. The number of carbonyl (C=O) groups excluding carboxylic acids is 1. The predicted octanol–water partition coefficient (Wildman–Crippen LogP) is 3.76. The van der Waals surface area contributed by atoms with Gasteiger partial charge < -0.3 is 20.2 Å². The summed E-state index contributed by atoms with van der Waals surface area (Å²) in [5.74, 6) is 1.10. The molecule has 0 saturated carbocycles. The van der Waals surface area contributed by atoms with Gasteiger partial charge in [0, 0.05) is 25.8 Å². The van der Waals surface area contributed by atoms with E-state index in [4.69, 9.17) is 0 Å². The summed E-state index contributed by atoms with van der Waals surface area (Å²) in [7, 11) is 0. The van der Waals surface area contributed by atoms with Gasteiger partial charge in [0.25, 0.3) is 0 Å². The number of aromatic nitrogens is 1. The second-order valence-corrected chi connectivity index (χ2v) is 6.94. The first-order chi connectivity index (χ1) is 12.7. The summed E-state index contributed by atoms with van der Waals surface area (Å²) >= 11 is 0. The average Bonchev–Trinajstić information content (AvgIpc) is 3.35. The van der Waals surface area contributed by atoms with Crippen LogP contribution in [-0.2, 0) is 0 Å². The zero-order valence-corrected chi connectivity index (χ0v) is 14.8. The average molecular weight is 352 g/mol. The van der Waals surface area contributed by atoms with Crippen LogP contribution in [0.5, 0.6) is 5.75 Å². The highest BCUT2D eigenvalue weighted by Crippen LogP contribution is 2.34. The fourth-order valence-corrected chi connectivity index (χ4v) is 3.92. The standard InChI is InChI=1S/C20H24N4O2/c25-16-9-7-15(8-10-16)18-6-4-14-24(18)20(26)22-17-5-3-11-21-19(17)23-12-1-2-13-23/h3,5,7-11,18,25H,1-2,4,6,12-14H2,(H,22,26)/t18-/m0/s1. The van der Waals surface area contributed by atoms with Crippen molar-refractivity contribution in [1.29, 1.82) is 0 Å². The number of nitrogens with one attached hydrogen (secondary N) is 1. The number of hydrogen-bond acceptors (Lipinski definition) is 4. The van der Waals surface area contributed by atoms with Crippen molar-refractivity contribution in [2.75, 3.05) is 29.9 Å². The first-order valence-corrected chi connectivity index (χ1v) is 9.29. The lowest BCUT2D eigenvalue weighted by Crippen LogP contribution is -2.35. The Bertz CT molecular complexity index is 772. The van der Waals surface area contributed by atoms with Crippen LogP contribution in [0.25, 0.3) is 0 Å². The van der Waals surface area contributed by atoms with E-state index in [-0.39, 0.29) is 17.8 Å². The van der Waals surface area contributed by atoms with Crippen molar-refractivity contribution in [1.82, 2.24) is 9.88 Å². The van der Waals surface area contributed by atoms with Gasteiger partial charge in [0.15, 0.2) is 5.82 Å². The molecule has 1 aromatic carbocycles. The molecule has 2 aliphatic heterocycles. The van der Waals surface area contributed by atoms with Gasteiger partial charge in [0.05, 0.1) is 11.7 Å². The Hall–Kier alpha value is -2.76. The third-order valence-corrected chi connectivity index (χ3v) is 5.23.